The minimum atomic E-state index is -4.54. The molecule has 11 heteroatoms. The topological polar surface area (TPSA) is 97.8 Å². The maximum atomic E-state index is 12.8. The van der Waals surface area contributed by atoms with Gasteiger partial charge in [-0.1, -0.05) is 32.4 Å². The van der Waals surface area contributed by atoms with Crippen LogP contribution in [0.25, 0.3) is 0 Å². The highest BCUT2D eigenvalue weighted by Gasteiger charge is 2.40. The third-order valence-electron chi connectivity index (χ3n) is 5.66. The number of halogens is 3. The predicted molar refractivity (Wildman–Crippen MR) is 125 cm³/mol. The number of esters is 1. The van der Waals surface area contributed by atoms with Crippen LogP contribution >= 0.6 is 0 Å². The van der Waals surface area contributed by atoms with Gasteiger partial charge >= 0.3 is 23.4 Å². The van der Waals surface area contributed by atoms with Crippen LogP contribution in [0.3, 0.4) is 0 Å². The number of hydrogen-bond acceptors (Lipinski definition) is 6. The Morgan fingerprint density at radius 2 is 2.03 bits per heavy atom. The van der Waals surface area contributed by atoms with Crippen molar-refractivity contribution in [2.45, 2.75) is 64.1 Å². The number of carbonyl (C=O) groups excluding carboxylic acids is 1. The van der Waals surface area contributed by atoms with Crippen molar-refractivity contribution in [2.24, 2.45) is 0 Å². The quantitative estimate of drug-likeness (QED) is 0.401. The molecule has 2 N–H and O–H groups in total. The van der Waals surface area contributed by atoms with Gasteiger partial charge in [0.25, 0.3) is 0 Å². The summed E-state index contributed by atoms with van der Waals surface area (Å²) >= 11 is -2.15. The maximum Gasteiger partial charge on any atom is 0.417 e. The van der Waals surface area contributed by atoms with E-state index in [1.54, 1.807) is 31.2 Å². The summed E-state index contributed by atoms with van der Waals surface area (Å²) in [5, 5.41) is 10.7. The standard InChI is InChI=1S/C24H27F3N2O5S/c1-4-11-23(3)13-19(30)21(22(31)33-23)18(5-2)15-7-6-8-17(12-15)29-35(32)34-20-10-9-16(14-28-20)24(25,26)27/h6-10,12,14,18,29-30H,4-5,11,13H2,1-3H3. The molecular weight excluding hydrogens is 485 g/mol. The SMILES string of the molecule is CCCC1(C)CC(O)=C(C(CC)c2cccc(NS(=O)Oc3ccc(C(F)(F)F)cn3)c2)C(=O)O1. The highest BCUT2D eigenvalue weighted by atomic mass is 32.2. The minimum Gasteiger partial charge on any atom is -0.512 e. The van der Waals surface area contributed by atoms with Crippen molar-refractivity contribution in [2.75, 3.05) is 4.72 Å². The zero-order valence-corrected chi connectivity index (χ0v) is 20.3. The number of nitrogens with zero attached hydrogens (tertiary/aromatic N) is 1. The molecule has 1 aliphatic heterocycles. The van der Waals surface area contributed by atoms with Crippen molar-refractivity contribution < 1.29 is 36.2 Å². The predicted octanol–water partition coefficient (Wildman–Crippen LogP) is 5.98. The molecule has 2 heterocycles. The van der Waals surface area contributed by atoms with Gasteiger partial charge in [0.15, 0.2) is 0 Å². The fourth-order valence-corrected chi connectivity index (χ4v) is 4.73. The fraction of sp³-hybridized carbons (Fsp3) is 0.417. The first kappa shape index (κ1) is 26.5. The molecule has 0 amide bonds. The van der Waals surface area contributed by atoms with Crippen LogP contribution in [0, 0.1) is 0 Å². The molecule has 3 rings (SSSR count). The Kier molecular flexibility index (Phi) is 8.09. The number of benzene rings is 1. The van der Waals surface area contributed by atoms with Crippen LogP contribution < -0.4 is 8.91 Å². The summed E-state index contributed by atoms with van der Waals surface area (Å²) in [4.78, 5) is 16.3. The smallest absolute Gasteiger partial charge is 0.417 e. The second-order valence-corrected chi connectivity index (χ2v) is 9.36. The van der Waals surface area contributed by atoms with Gasteiger partial charge in [0, 0.05) is 30.3 Å². The molecule has 0 aliphatic carbocycles. The highest BCUT2D eigenvalue weighted by Crippen LogP contribution is 2.40. The molecule has 0 saturated carbocycles. The Balaban J connectivity index is 1.75. The number of aliphatic hydroxyl groups is 1. The molecule has 1 aliphatic rings. The van der Waals surface area contributed by atoms with Gasteiger partial charge in [0.1, 0.15) is 11.4 Å². The van der Waals surface area contributed by atoms with Crippen LogP contribution in [-0.2, 0) is 27.0 Å². The lowest BCUT2D eigenvalue weighted by molar-refractivity contribution is -0.158. The van der Waals surface area contributed by atoms with Gasteiger partial charge in [-0.25, -0.2) is 9.78 Å². The summed E-state index contributed by atoms with van der Waals surface area (Å²) < 4.78 is 63.7. The van der Waals surface area contributed by atoms with Gasteiger partial charge in [0.2, 0.25) is 5.88 Å². The van der Waals surface area contributed by atoms with Crippen LogP contribution in [0.5, 0.6) is 5.88 Å². The summed E-state index contributed by atoms with van der Waals surface area (Å²) in [7, 11) is 0. The van der Waals surface area contributed by atoms with Gasteiger partial charge in [-0.15, -0.1) is 0 Å². The normalized spacial score (nSPS) is 20.2. The average Bonchev–Trinajstić information content (AvgIpc) is 2.76. The Hall–Kier alpha value is -3.08. The van der Waals surface area contributed by atoms with Crippen molar-refractivity contribution >= 4 is 22.9 Å². The Bertz CT molecular complexity index is 1120. The van der Waals surface area contributed by atoms with Crippen molar-refractivity contribution in [1.29, 1.82) is 0 Å². The molecule has 0 radical (unpaired) electrons. The van der Waals surface area contributed by atoms with Gasteiger partial charge < -0.3 is 14.0 Å². The maximum absolute atomic E-state index is 12.8. The number of hydrogen-bond donors (Lipinski definition) is 2. The van der Waals surface area contributed by atoms with E-state index < -0.39 is 40.5 Å². The molecule has 7 nitrogen and oxygen atoms in total. The number of aliphatic hydroxyl groups excluding tert-OH is 1. The van der Waals surface area contributed by atoms with Gasteiger partial charge in [0.05, 0.1) is 11.1 Å². The minimum absolute atomic E-state index is 0.00250. The van der Waals surface area contributed by atoms with Gasteiger partial charge in [-0.2, -0.15) is 17.4 Å². The number of nitrogens with one attached hydrogen (secondary N) is 1. The number of carbonyl (C=O) groups is 1. The van der Waals surface area contributed by atoms with E-state index in [4.69, 9.17) is 8.92 Å². The molecule has 1 aromatic carbocycles. The largest absolute Gasteiger partial charge is 0.512 e. The molecule has 190 valence electrons. The molecular formula is C24H27F3N2O5S. The van der Waals surface area contributed by atoms with E-state index >= 15 is 0 Å². The van der Waals surface area contributed by atoms with Crippen LogP contribution in [0.2, 0.25) is 0 Å². The van der Waals surface area contributed by atoms with Crippen LogP contribution in [-0.4, -0.2) is 25.9 Å². The number of anilines is 1. The van der Waals surface area contributed by atoms with Crippen molar-refractivity contribution in [3.63, 3.8) is 0 Å². The molecule has 35 heavy (non-hydrogen) atoms. The van der Waals surface area contributed by atoms with E-state index in [0.29, 0.717) is 30.3 Å². The van der Waals surface area contributed by atoms with Crippen molar-refractivity contribution in [3.05, 3.63) is 65.1 Å². The van der Waals surface area contributed by atoms with Crippen LogP contribution in [0.15, 0.2) is 53.9 Å². The van der Waals surface area contributed by atoms with Gasteiger partial charge in [-0.3, -0.25) is 4.72 Å². The van der Waals surface area contributed by atoms with E-state index in [1.165, 1.54) is 0 Å². The summed E-state index contributed by atoms with van der Waals surface area (Å²) in [6, 6.07) is 8.48. The molecule has 3 unspecified atom stereocenters. The fourth-order valence-electron chi connectivity index (χ4n) is 4.11. The zero-order valence-electron chi connectivity index (χ0n) is 19.5. The number of pyridine rings is 1. The Labute approximate surface area is 204 Å². The Morgan fingerprint density at radius 3 is 2.60 bits per heavy atom. The summed E-state index contributed by atoms with van der Waals surface area (Å²) in [6.45, 7) is 5.65. The van der Waals surface area contributed by atoms with Gasteiger partial charge in [-0.05, 0) is 43.5 Å². The molecule has 0 saturated heterocycles. The number of aromatic nitrogens is 1. The summed E-state index contributed by atoms with van der Waals surface area (Å²) in [5.74, 6) is -1.26. The zero-order chi connectivity index (χ0) is 25.8. The monoisotopic (exact) mass is 512 g/mol. The molecule has 0 fully saturated rings. The molecule has 3 atom stereocenters. The molecule has 0 bridgehead atoms. The van der Waals surface area contributed by atoms with E-state index in [0.717, 1.165) is 18.6 Å². The first-order valence-electron chi connectivity index (χ1n) is 11.1. The molecule has 1 aromatic heterocycles. The first-order chi connectivity index (χ1) is 16.5. The number of alkyl halides is 3. The summed E-state index contributed by atoms with van der Waals surface area (Å²) in [6.07, 6.45) is -1.79. The second kappa shape index (κ2) is 10.7. The van der Waals surface area contributed by atoms with Crippen molar-refractivity contribution in [3.8, 4) is 5.88 Å². The lowest BCUT2D eigenvalue weighted by atomic mass is 9.83. The number of rotatable bonds is 9. The lowest BCUT2D eigenvalue weighted by Crippen LogP contribution is -2.38. The van der Waals surface area contributed by atoms with E-state index in [-0.39, 0.29) is 23.6 Å². The van der Waals surface area contributed by atoms with Crippen LogP contribution in [0.4, 0.5) is 18.9 Å². The molecule has 2 aromatic rings. The number of ether oxygens (including phenoxy) is 1. The third-order valence-corrected chi connectivity index (χ3v) is 6.39. The summed E-state index contributed by atoms with van der Waals surface area (Å²) in [5.41, 5.74) is -0.437. The van der Waals surface area contributed by atoms with E-state index in [9.17, 15) is 27.3 Å². The average molecular weight is 513 g/mol. The molecule has 0 spiro atoms. The van der Waals surface area contributed by atoms with Crippen molar-refractivity contribution in [1.82, 2.24) is 4.98 Å². The first-order valence-corrected chi connectivity index (χ1v) is 12.2. The highest BCUT2D eigenvalue weighted by molar-refractivity contribution is 7.81. The van der Waals surface area contributed by atoms with E-state index in [1.807, 2.05) is 13.8 Å². The van der Waals surface area contributed by atoms with E-state index in [2.05, 4.69) is 9.71 Å². The van der Waals surface area contributed by atoms with Crippen LogP contribution in [0.1, 0.15) is 63.5 Å². The second-order valence-electron chi connectivity index (χ2n) is 8.52. The lowest BCUT2D eigenvalue weighted by Gasteiger charge is -2.35. The third kappa shape index (κ3) is 6.53. The number of cyclic esters (lactones) is 1. The Morgan fingerprint density at radius 1 is 1.29 bits per heavy atom.